The van der Waals surface area contributed by atoms with Gasteiger partial charge in [-0.15, -0.1) is 11.3 Å². The first-order chi connectivity index (χ1) is 10.9. The molecule has 0 aliphatic rings. The van der Waals surface area contributed by atoms with Gasteiger partial charge in [-0.05, 0) is 18.2 Å². The van der Waals surface area contributed by atoms with E-state index in [1.807, 2.05) is 0 Å². The number of anilines is 1. The fourth-order valence-corrected chi connectivity index (χ4v) is 3.40. The second-order valence-corrected chi connectivity index (χ2v) is 6.41. The number of aryl methyl sites for hydroxylation is 1. The van der Waals surface area contributed by atoms with Crippen LogP contribution >= 0.6 is 22.9 Å². The number of nitrogens with zero attached hydrogens (tertiary/aromatic N) is 2. The number of rotatable bonds is 2. The van der Waals surface area contributed by atoms with Gasteiger partial charge in [-0.1, -0.05) is 23.7 Å². The summed E-state index contributed by atoms with van der Waals surface area (Å²) in [7, 11) is 2.97. The Morgan fingerprint density at radius 3 is 2.57 bits per heavy atom. The molecule has 2 heterocycles. The van der Waals surface area contributed by atoms with Crippen LogP contribution in [0.15, 0.2) is 39.9 Å². The number of hydrogen-bond donors (Lipinski definition) is 1. The molecular formula is C15H12ClN3O3S. The van der Waals surface area contributed by atoms with Gasteiger partial charge >= 0.3 is 5.69 Å². The van der Waals surface area contributed by atoms with E-state index in [1.54, 1.807) is 31.3 Å². The molecule has 8 heteroatoms. The van der Waals surface area contributed by atoms with Gasteiger partial charge in [0.15, 0.2) is 0 Å². The molecule has 0 bridgehead atoms. The lowest BCUT2D eigenvalue weighted by Crippen LogP contribution is -2.36. The Balaban J connectivity index is 2.08. The van der Waals surface area contributed by atoms with Crippen LogP contribution in [0.25, 0.3) is 10.2 Å². The summed E-state index contributed by atoms with van der Waals surface area (Å²) in [5.74, 6) is -0.381. The highest BCUT2D eigenvalue weighted by Gasteiger charge is 2.17. The molecular weight excluding hydrogens is 338 g/mol. The van der Waals surface area contributed by atoms with Gasteiger partial charge in [0.05, 0.1) is 21.0 Å². The van der Waals surface area contributed by atoms with Crippen molar-refractivity contribution >= 4 is 44.7 Å². The molecule has 0 radical (unpaired) electrons. The molecule has 1 aromatic carbocycles. The third kappa shape index (κ3) is 2.58. The topological polar surface area (TPSA) is 73.1 Å². The molecule has 0 saturated heterocycles. The highest BCUT2D eigenvalue weighted by Crippen LogP contribution is 2.25. The number of carbonyl (C=O) groups excluding carboxylic acids is 1. The predicted octanol–water partition coefficient (Wildman–Crippen LogP) is 2.20. The monoisotopic (exact) mass is 349 g/mol. The van der Waals surface area contributed by atoms with Gasteiger partial charge in [0.25, 0.3) is 11.5 Å². The first-order valence-electron chi connectivity index (χ1n) is 6.65. The van der Waals surface area contributed by atoms with Gasteiger partial charge in [0.2, 0.25) is 0 Å². The standard InChI is InChI=1S/C15H12ClN3O3S/c1-18-13(21)8-7-11(23-14(8)19(2)15(18)22)12(20)17-10-6-4-3-5-9(10)16/h3-7H,1-2H3,(H,17,20). The molecule has 0 atom stereocenters. The lowest BCUT2D eigenvalue weighted by molar-refractivity contribution is 0.103. The van der Waals surface area contributed by atoms with Crippen molar-refractivity contribution in [3.8, 4) is 0 Å². The van der Waals surface area contributed by atoms with Crippen molar-refractivity contribution in [1.29, 1.82) is 0 Å². The fraction of sp³-hybridized carbons (Fsp3) is 0.133. The molecule has 0 saturated carbocycles. The molecule has 118 valence electrons. The molecule has 0 aliphatic heterocycles. The van der Waals surface area contributed by atoms with Crippen LogP contribution in [-0.2, 0) is 14.1 Å². The van der Waals surface area contributed by atoms with Crippen LogP contribution < -0.4 is 16.6 Å². The zero-order chi connectivity index (χ0) is 16.7. The minimum Gasteiger partial charge on any atom is -0.320 e. The number of nitrogens with one attached hydrogen (secondary N) is 1. The molecule has 0 fully saturated rings. The molecule has 3 rings (SSSR count). The van der Waals surface area contributed by atoms with E-state index in [-0.39, 0.29) is 5.91 Å². The average molecular weight is 350 g/mol. The zero-order valence-corrected chi connectivity index (χ0v) is 13.9. The number of benzene rings is 1. The van der Waals surface area contributed by atoms with Crippen LogP contribution in [-0.4, -0.2) is 15.0 Å². The highest BCUT2D eigenvalue weighted by molar-refractivity contribution is 7.20. The van der Waals surface area contributed by atoms with Gasteiger partial charge in [0, 0.05) is 14.1 Å². The third-order valence-electron chi connectivity index (χ3n) is 3.47. The maximum atomic E-state index is 12.4. The van der Waals surface area contributed by atoms with Crippen molar-refractivity contribution in [2.75, 3.05) is 5.32 Å². The predicted molar refractivity (Wildman–Crippen MR) is 91.7 cm³/mol. The van der Waals surface area contributed by atoms with Crippen LogP contribution in [0.4, 0.5) is 5.69 Å². The van der Waals surface area contributed by atoms with E-state index >= 15 is 0 Å². The molecule has 0 unspecified atom stereocenters. The van der Waals surface area contributed by atoms with Crippen LogP contribution in [0.1, 0.15) is 9.67 Å². The largest absolute Gasteiger partial charge is 0.331 e. The summed E-state index contributed by atoms with van der Waals surface area (Å²) in [4.78, 5) is 37.3. The second kappa shape index (κ2) is 5.68. The molecule has 0 aliphatic carbocycles. The average Bonchev–Trinajstić information content (AvgIpc) is 2.98. The summed E-state index contributed by atoms with van der Waals surface area (Å²) < 4.78 is 2.37. The van der Waals surface area contributed by atoms with Gasteiger partial charge in [-0.2, -0.15) is 0 Å². The minimum atomic E-state index is -0.428. The van der Waals surface area contributed by atoms with E-state index in [0.717, 1.165) is 15.9 Å². The minimum absolute atomic E-state index is 0.332. The summed E-state index contributed by atoms with van der Waals surface area (Å²) in [6, 6.07) is 8.36. The summed E-state index contributed by atoms with van der Waals surface area (Å²) >= 11 is 7.11. The molecule has 6 nitrogen and oxygen atoms in total. The van der Waals surface area contributed by atoms with Gasteiger partial charge in [-0.25, -0.2) is 4.79 Å². The number of hydrogen-bond acceptors (Lipinski definition) is 4. The van der Waals surface area contributed by atoms with Gasteiger partial charge < -0.3 is 5.32 Å². The van der Waals surface area contributed by atoms with E-state index in [4.69, 9.17) is 11.6 Å². The summed E-state index contributed by atoms with van der Waals surface area (Å²) in [6.07, 6.45) is 0. The highest BCUT2D eigenvalue weighted by atomic mass is 35.5. The SMILES string of the molecule is Cn1c(=O)c2cc(C(=O)Nc3ccccc3Cl)sc2n(C)c1=O. The number of fused-ring (bicyclic) bond motifs is 1. The smallest absolute Gasteiger partial charge is 0.320 e. The molecule has 2 aromatic heterocycles. The number of aromatic nitrogens is 2. The van der Waals surface area contributed by atoms with Crippen LogP contribution in [0.5, 0.6) is 0 Å². The lowest BCUT2D eigenvalue weighted by Gasteiger charge is -2.04. The van der Waals surface area contributed by atoms with Crippen LogP contribution in [0.3, 0.4) is 0 Å². The Morgan fingerprint density at radius 1 is 1.17 bits per heavy atom. The van der Waals surface area contributed by atoms with Crippen molar-refractivity contribution in [1.82, 2.24) is 9.13 Å². The molecule has 23 heavy (non-hydrogen) atoms. The second-order valence-electron chi connectivity index (χ2n) is 4.97. The van der Waals surface area contributed by atoms with E-state index in [0.29, 0.717) is 25.8 Å². The van der Waals surface area contributed by atoms with E-state index in [9.17, 15) is 14.4 Å². The normalized spacial score (nSPS) is 10.9. The number of para-hydroxylation sites is 1. The Bertz CT molecular complexity index is 1050. The van der Waals surface area contributed by atoms with E-state index in [2.05, 4.69) is 5.32 Å². The lowest BCUT2D eigenvalue weighted by atomic mass is 10.3. The van der Waals surface area contributed by atoms with Crippen molar-refractivity contribution in [3.63, 3.8) is 0 Å². The van der Waals surface area contributed by atoms with Gasteiger partial charge in [-0.3, -0.25) is 18.7 Å². The van der Waals surface area contributed by atoms with E-state index in [1.165, 1.54) is 17.7 Å². The van der Waals surface area contributed by atoms with Crippen LogP contribution in [0.2, 0.25) is 5.02 Å². The Kier molecular flexibility index (Phi) is 3.83. The summed E-state index contributed by atoms with van der Waals surface area (Å²) in [5.41, 5.74) is -0.364. The molecule has 1 N–H and O–H groups in total. The summed E-state index contributed by atoms with van der Waals surface area (Å²) in [6.45, 7) is 0. The number of amides is 1. The Labute approximate surface area is 139 Å². The van der Waals surface area contributed by atoms with Crippen molar-refractivity contribution < 1.29 is 4.79 Å². The Morgan fingerprint density at radius 2 is 1.87 bits per heavy atom. The number of carbonyl (C=O) groups is 1. The van der Waals surface area contributed by atoms with E-state index < -0.39 is 11.2 Å². The molecule has 0 spiro atoms. The third-order valence-corrected chi connectivity index (χ3v) is 5.01. The van der Waals surface area contributed by atoms with Gasteiger partial charge in [0.1, 0.15) is 4.83 Å². The van der Waals surface area contributed by atoms with Crippen molar-refractivity contribution in [2.45, 2.75) is 0 Å². The van der Waals surface area contributed by atoms with Crippen LogP contribution in [0, 0.1) is 0 Å². The first-order valence-corrected chi connectivity index (χ1v) is 7.85. The number of halogens is 1. The number of thiophene rings is 1. The zero-order valence-electron chi connectivity index (χ0n) is 12.3. The molecule has 1 amide bonds. The maximum absolute atomic E-state index is 12.4. The Hall–Kier alpha value is -2.38. The fourth-order valence-electron chi connectivity index (χ4n) is 2.22. The summed E-state index contributed by atoms with van der Waals surface area (Å²) in [5, 5.41) is 3.46. The first kappa shape index (κ1) is 15.5. The van der Waals surface area contributed by atoms with Crippen molar-refractivity contribution in [3.05, 3.63) is 61.1 Å². The van der Waals surface area contributed by atoms with Crippen molar-refractivity contribution in [2.24, 2.45) is 14.1 Å². The maximum Gasteiger partial charge on any atom is 0.331 e. The molecule has 3 aromatic rings. The quantitative estimate of drug-likeness (QED) is 0.770.